The maximum Gasteiger partial charge on any atom is 0.435 e. The van der Waals surface area contributed by atoms with Crippen molar-refractivity contribution < 1.29 is 22.4 Å². The third-order valence-electron chi connectivity index (χ3n) is 6.30. The number of alkyl halides is 3. The van der Waals surface area contributed by atoms with Gasteiger partial charge in [0, 0.05) is 49.4 Å². The lowest BCUT2D eigenvalue weighted by Gasteiger charge is -2.33. The molecule has 5 rings (SSSR count). The topological polar surface area (TPSA) is 68.8 Å². The molecule has 1 aromatic carbocycles. The number of fused-ring (bicyclic) bond motifs is 2. The fraction of sp³-hybridized carbons (Fsp3) is 0.304. The second-order valence-corrected chi connectivity index (χ2v) is 8.32. The summed E-state index contributed by atoms with van der Waals surface area (Å²) < 4.78 is 56.5. The standard InChI is InChI=1S/C23H20F4N6O/c1-12-20-14(21(32(3)30-20)18-9-19(23(25,26)27)29-31(18)2)7-8-33(12)22(34)16-11-28-10-15-13(16)5-4-6-17(15)24/h4-6,9-12H,7-8H2,1-3H3/t12-/m0/s1. The molecule has 1 amide bonds. The van der Waals surface area contributed by atoms with Crippen LogP contribution in [-0.2, 0) is 26.7 Å². The SMILES string of the molecule is C[C@H]1c2nn(C)c(-c3cc(C(F)(F)F)nn3C)c2CCN1C(=O)c1cncc2c(F)cccc12. The largest absolute Gasteiger partial charge is 0.435 e. The van der Waals surface area contributed by atoms with Crippen molar-refractivity contribution in [1.29, 1.82) is 0 Å². The first-order chi connectivity index (χ1) is 16.1. The molecule has 34 heavy (non-hydrogen) atoms. The van der Waals surface area contributed by atoms with Crippen molar-refractivity contribution in [2.24, 2.45) is 14.1 Å². The van der Waals surface area contributed by atoms with Gasteiger partial charge in [-0.2, -0.15) is 23.4 Å². The number of amides is 1. The third kappa shape index (κ3) is 3.34. The average Bonchev–Trinajstić information content (AvgIpc) is 3.33. The molecule has 0 saturated heterocycles. The molecule has 0 aliphatic carbocycles. The Balaban J connectivity index is 1.53. The minimum absolute atomic E-state index is 0.260. The highest BCUT2D eigenvalue weighted by molar-refractivity contribution is 6.06. The molecule has 0 spiro atoms. The Morgan fingerprint density at radius 3 is 2.56 bits per heavy atom. The number of rotatable bonds is 2. The summed E-state index contributed by atoms with van der Waals surface area (Å²) in [5.74, 6) is -0.772. The van der Waals surface area contributed by atoms with Crippen LogP contribution in [0.2, 0.25) is 0 Å². The first kappa shape index (κ1) is 22.1. The van der Waals surface area contributed by atoms with E-state index in [0.29, 0.717) is 35.4 Å². The predicted molar refractivity (Wildman–Crippen MR) is 115 cm³/mol. The van der Waals surface area contributed by atoms with Gasteiger partial charge in [-0.15, -0.1) is 0 Å². The zero-order valence-corrected chi connectivity index (χ0v) is 18.6. The van der Waals surface area contributed by atoms with Crippen LogP contribution in [0.15, 0.2) is 36.7 Å². The Labute approximate surface area is 191 Å². The number of aromatic nitrogens is 5. The molecule has 0 fully saturated rings. The molecule has 7 nitrogen and oxygen atoms in total. The van der Waals surface area contributed by atoms with Crippen molar-refractivity contribution in [2.75, 3.05) is 6.54 Å². The number of aryl methyl sites for hydroxylation is 2. The van der Waals surface area contributed by atoms with Gasteiger partial charge in [-0.25, -0.2) is 4.39 Å². The minimum Gasteiger partial charge on any atom is -0.330 e. The molecule has 1 aliphatic rings. The molecule has 0 N–H and O–H groups in total. The molecule has 4 aromatic rings. The second kappa shape index (κ2) is 7.64. The third-order valence-corrected chi connectivity index (χ3v) is 6.30. The molecule has 4 heterocycles. The molecule has 1 aliphatic heterocycles. The number of halogens is 4. The lowest BCUT2D eigenvalue weighted by Crippen LogP contribution is -2.39. The van der Waals surface area contributed by atoms with E-state index in [1.165, 1.54) is 34.9 Å². The Kier molecular flexibility index (Phi) is 4.96. The zero-order chi connectivity index (χ0) is 24.4. The van der Waals surface area contributed by atoms with E-state index < -0.39 is 23.7 Å². The fourth-order valence-corrected chi connectivity index (χ4v) is 4.65. The van der Waals surface area contributed by atoms with E-state index in [1.54, 1.807) is 24.1 Å². The smallest absolute Gasteiger partial charge is 0.330 e. The summed E-state index contributed by atoms with van der Waals surface area (Å²) in [6.07, 6.45) is -1.36. The summed E-state index contributed by atoms with van der Waals surface area (Å²) in [4.78, 5) is 19.1. The van der Waals surface area contributed by atoms with Crippen LogP contribution in [0.1, 0.15) is 40.3 Å². The van der Waals surface area contributed by atoms with Gasteiger partial charge in [0.25, 0.3) is 5.91 Å². The molecule has 11 heteroatoms. The van der Waals surface area contributed by atoms with Gasteiger partial charge in [0.15, 0.2) is 5.69 Å². The molecule has 0 radical (unpaired) electrons. The number of benzene rings is 1. The summed E-state index contributed by atoms with van der Waals surface area (Å²) in [5, 5.41) is 8.89. The van der Waals surface area contributed by atoms with Crippen LogP contribution >= 0.6 is 0 Å². The monoisotopic (exact) mass is 472 g/mol. The number of pyridine rings is 1. The van der Waals surface area contributed by atoms with Crippen LogP contribution in [0.4, 0.5) is 17.6 Å². The predicted octanol–water partition coefficient (Wildman–Crippen LogP) is 4.29. The molecule has 0 bridgehead atoms. The van der Waals surface area contributed by atoms with Crippen LogP contribution < -0.4 is 0 Å². The molecule has 0 saturated carbocycles. The lowest BCUT2D eigenvalue weighted by atomic mass is 9.96. The summed E-state index contributed by atoms with van der Waals surface area (Å²) in [5.41, 5.74) is 1.52. The highest BCUT2D eigenvalue weighted by atomic mass is 19.4. The van der Waals surface area contributed by atoms with Crippen LogP contribution in [0, 0.1) is 5.82 Å². The Hall–Kier alpha value is -3.76. The van der Waals surface area contributed by atoms with Gasteiger partial charge in [0.2, 0.25) is 0 Å². The minimum atomic E-state index is -4.56. The van der Waals surface area contributed by atoms with E-state index in [4.69, 9.17) is 0 Å². The maximum atomic E-state index is 14.2. The van der Waals surface area contributed by atoms with Crippen molar-refractivity contribution in [3.8, 4) is 11.4 Å². The highest BCUT2D eigenvalue weighted by Crippen LogP contribution is 2.38. The molecular weight excluding hydrogens is 452 g/mol. The molecule has 1 atom stereocenters. The van der Waals surface area contributed by atoms with Gasteiger partial charge in [-0.3, -0.25) is 19.1 Å². The van der Waals surface area contributed by atoms with Gasteiger partial charge in [-0.05, 0) is 25.5 Å². The zero-order valence-electron chi connectivity index (χ0n) is 18.6. The number of nitrogens with zero attached hydrogens (tertiary/aromatic N) is 6. The lowest BCUT2D eigenvalue weighted by molar-refractivity contribution is -0.141. The first-order valence-electron chi connectivity index (χ1n) is 10.6. The summed E-state index contributed by atoms with van der Waals surface area (Å²) >= 11 is 0. The first-order valence-corrected chi connectivity index (χ1v) is 10.6. The van der Waals surface area contributed by atoms with Crippen molar-refractivity contribution in [1.82, 2.24) is 29.4 Å². The van der Waals surface area contributed by atoms with E-state index in [0.717, 1.165) is 11.6 Å². The van der Waals surface area contributed by atoms with E-state index in [2.05, 4.69) is 15.2 Å². The molecular formula is C23H20F4N6O. The van der Waals surface area contributed by atoms with Gasteiger partial charge in [-0.1, -0.05) is 12.1 Å². The summed E-state index contributed by atoms with van der Waals surface area (Å²) in [6.45, 7) is 2.14. The van der Waals surface area contributed by atoms with Crippen LogP contribution in [0.3, 0.4) is 0 Å². The van der Waals surface area contributed by atoms with Crippen LogP contribution in [0.5, 0.6) is 0 Å². The number of carbonyl (C=O) groups is 1. The maximum absolute atomic E-state index is 14.2. The summed E-state index contributed by atoms with van der Waals surface area (Å²) in [6, 6.07) is 5.09. The average molecular weight is 472 g/mol. The molecule has 3 aromatic heterocycles. The summed E-state index contributed by atoms with van der Waals surface area (Å²) in [7, 11) is 3.11. The Morgan fingerprint density at radius 1 is 1.09 bits per heavy atom. The highest BCUT2D eigenvalue weighted by Gasteiger charge is 2.38. The number of carbonyl (C=O) groups excluding carboxylic acids is 1. The normalized spacial score (nSPS) is 16.2. The molecule has 176 valence electrons. The van der Waals surface area contributed by atoms with Gasteiger partial charge >= 0.3 is 6.18 Å². The van der Waals surface area contributed by atoms with Crippen molar-refractivity contribution >= 4 is 16.7 Å². The second-order valence-electron chi connectivity index (χ2n) is 8.32. The van der Waals surface area contributed by atoms with Crippen molar-refractivity contribution in [3.63, 3.8) is 0 Å². The van der Waals surface area contributed by atoms with Gasteiger partial charge in [0.05, 0.1) is 28.7 Å². The van der Waals surface area contributed by atoms with E-state index in [9.17, 15) is 22.4 Å². The van der Waals surface area contributed by atoms with Gasteiger partial charge < -0.3 is 4.90 Å². The molecule has 0 unspecified atom stereocenters. The van der Waals surface area contributed by atoms with Crippen molar-refractivity contribution in [3.05, 3.63) is 65.0 Å². The Morgan fingerprint density at radius 2 is 1.85 bits per heavy atom. The van der Waals surface area contributed by atoms with E-state index >= 15 is 0 Å². The quantitative estimate of drug-likeness (QED) is 0.409. The van der Waals surface area contributed by atoms with Gasteiger partial charge in [0.1, 0.15) is 5.82 Å². The van der Waals surface area contributed by atoms with Crippen LogP contribution in [0.25, 0.3) is 22.2 Å². The number of hydrogen-bond donors (Lipinski definition) is 0. The van der Waals surface area contributed by atoms with Crippen molar-refractivity contribution in [2.45, 2.75) is 25.6 Å². The van der Waals surface area contributed by atoms with E-state index in [-0.39, 0.29) is 16.9 Å². The fourth-order valence-electron chi connectivity index (χ4n) is 4.65. The number of hydrogen-bond acceptors (Lipinski definition) is 4. The van der Waals surface area contributed by atoms with E-state index in [1.807, 2.05) is 6.92 Å². The Bertz CT molecular complexity index is 1440. The van der Waals surface area contributed by atoms with Crippen LogP contribution in [-0.4, -0.2) is 41.9 Å².